The van der Waals surface area contributed by atoms with E-state index in [9.17, 15) is 0 Å². The van der Waals surface area contributed by atoms with Crippen molar-refractivity contribution in [3.63, 3.8) is 0 Å². The van der Waals surface area contributed by atoms with Crippen LogP contribution in [0.3, 0.4) is 0 Å². The number of fused-ring (bicyclic) bond motifs is 8. The Balaban J connectivity index is 1.47. The first-order valence-corrected chi connectivity index (χ1v) is 14.9. The Morgan fingerprint density at radius 3 is 2.14 bits per heavy atom. The second-order valence-corrected chi connectivity index (χ2v) is 13.5. The lowest BCUT2D eigenvalue weighted by Gasteiger charge is -2.22. The van der Waals surface area contributed by atoms with Crippen LogP contribution in [0.15, 0.2) is 97.2 Å². The average molecular weight is 542 g/mol. The summed E-state index contributed by atoms with van der Waals surface area (Å²) in [5.74, 6) is 0.893. The van der Waals surface area contributed by atoms with Gasteiger partial charge in [0.05, 0.1) is 16.7 Å². The molecular formula is C39H31N3. The molecule has 8 aromatic rings. The summed E-state index contributed by atoms with van der Waals surface area (Å²) in [6.07, 6.45) is 2.08. The number of aromatic nitrogens is 3. The minimum absolute atomic E-state index is 0.123. The average Bonchev–Trinajstić information content (AvgIpc) is 3.44. The molecule has 202 valence electrons. The predicted octanol–water partition coefficient (Wildman–Crippen LogP) is 10.1. The van der Waals surface area contributed by atoms with Gasteiger partial charge in [0.25, 0.3) is 0 Å². The van der Waals surface area contributed by atoms with Crippen LogP contribution < -0.4 is 0 Å². The molecule has 0 saturated heterocycles. The van der Waals surface area contributed by atoms with Crippen LogP contribution in [-0.2, 0) is 10.8 Å². The van der Waals surface area contributed by atoms with Crippen molar-refractivity contribution in [1.82, 2.24) is 14.5 Å². The van der Waals surface area contributed by atoms with E-state index in [1.54, 1.807) is 0 Å². The summed E-state index contributed by atoms with van der Waals surface area (Å²) in [5, 5.41) is 10.4. The van der Waals surface area contributed by atoms with E-state index in [0.29, 0.717) is 0 Å². The molecule has 1 aliphatic rings. The summed E-state index contributed by atoms with van der Waals surface area (Å²) in [6, 6.07) is 33.7. The molecule has 0 radical (unpaired) electrons. The highest BCUT2D eigenvalue weighted by Crippen LogP contribution is 2.53. The van der Waals surface area contributed by atoms with Crippen molar-refractivity contribution in [3.8, 4) is 16.9 Å². The number of hydrogen-bond acceptors (Lipinski definition) is 2. The first-order chi connectivity index (χ1) is 20.2. The van der Waals surface area contributed by atoms with Gasteiger partial charge in [0, 0.05) is 50.0 Å². The summed E-state index contributed by atoms with van der Waals surface area (Å²) >= 11 is 0. The molecule has 0 spiro atoms. The van der Waals surface area contributed by atoms with Gasteiger partial charge in [-0.3, -0.25) is 0 Å². The van der Waals surface area contributed by atoms with Crippen LogP contribution in [0.4, 0.5) is 0 Å². The van der Waals surface area contributed by atoms with Crippen molar-refractivity contribution < 1.29 is 0 Å². The van der Waals surface area contributed by atoms with Crippen LogP contribution in [0.1, 0.15) is 51.6 Å². The Morgan fingerprint density at radius 2 is 1.36 bits per heavy atom. The largest absolute Gasteiger partial charge is 0.309 e. The van der Waals surface area contributed by atoms with Crippen molar-refractivity contribution in [3.05, 3.63) is 114 Å². The molecule has 0 aliphatic heterocycles. The molecule has 2 heterocycles. The van der Waals surface area contributed by atoms with E-state index in [1.165, 1.54) is 76.5 Å². The zero-order valence-corrected chi connectivity index (χ0v) is 24.6. The number of nitrogens with zero attached hydrogens (tertiary/aromatic N) is 3. The van der Waals surface area contributed by atoms with Gasteiger partial charge in [0.1, 0.15) is 5.82 Å². The fourth-order valence-electron chi connectivity index (χ4n) is 7.53. The monoisotopic (exact) mass is 541 g/mol. The van der Waals surface area contributed by atoms with Gasteiger partial charge in [-0.25, -0.2) is 9.97 Å². The first kappa shape index (κ1) is 23.9. The fourth-order valence-corrected chi connectivity index (χ4v) is 7.53. The summed E-state index contributed by atoms with van der Waals surface area (Å²) in [4.78, 5) is 10.1. The fraction of sp³-hybridized carbons (Fsp3) is 0.179. The second kappa shape index (κ2) is 7.74. The van der Waals surface area contributed by atoms with Crippen LogP contribution in [0, 0.1) is 0 Å². The first-order valence-electron chi connectivity index (χ1n) is 14.9. The standard InChI is InChI=1S/C39H31N3/c1-38(2,3)37-40-21-30-35(41-37)34-26-17-18-27-33-22(15-16-23(32(26)33)20-29(34)39(30,4)5)19-28-25-13-9-10-14-31(25)42(36(27)28)24-11-7-6-8-12-24/h6-21H,1-5H3. The highest BCUT2D eigenvalue weighted by molar-refractivity contribution is 6.33. The van der Waals surface area contributed by atoms with E-state index in [2.05, 4.69) is 136 Å². The molecule has 0 N–H and O–H groups in total. The molecule has 0 atom stereocenters. The Bertz CT molecular complexity index is 2400. The molecular weight excluding hydrogens is 510 g/mol. The van der Waals surface area contributed by atoms with Crippen molar-refractivity contribution in [1.29, 1.82) is 0 Å². The highest BCUT2D eigenvalue weighted by atomic mass is 15.0. The van der Waals surface area contributed by atoms with Crippen LogP contribution in [0.5, 0.6) is 0 Å². The zero-order chi connectivity index (χ0) is 28.5. The molecule has 3 heteroatoms. The van der Waals surface area contributed by atoms with Crippen molar-refractivity contribution in [2.45, 2.75) is 45.4 Å². The third-order valence-corrected chi connectivity index (χ3v) is 9.59. The van der Waals surface area contributed by atoms with Crippen LogP contribution in [0.25, 0.3) is 71.1 Å². The molecule has 3 nitrogen and oxygen atoms in total. The van der Waals surface area contributed by atoms with Gasteiger partial charge in [-0.05, 0) is 62.8 Å². The summed E-state index contributed by atoms with van der Waals surface area (Å²) in [5.41, 5.74) is 8.31. The Hall–Kier alpha value is -4.76. The molecule has 0 unspecified atom stereocenters. The maximum Gasteiger partial charge on any atom is 0.134 e. The van der Waals surface area contributed by atoms with Gasteiger partial charge in [0.15, 0.2) is 0 Å². The van der Waals surface area contributed by atoms with E-state index in [1.807, 2.05) is 0 Å². The van der Waals surface area contributed by atoms with Crippen molar-refractivity contribution in [2.75, 3.05) is 0 Å². The third kappa shape index (κ3) is 2.91. The third-order valence-electron chi connectivity index (χ3n) is 9.59. The normalized spacial score (nSPS) is 14.5. The predicted molar refractivity (Wildman–Crippen MR) is 176 cm³/mol. The van der Waals surface area contributed by atoms with E-state index >= 15 is 0 Å². The molecule has 6 aromatic carbocycles. The number of para-hydroxylation sites is 2. The number of benzene rings is 6. The number of hydrogen-bond donors (Lipinski definition) is 0. The molecule has 1 aliphatic carbocycles. The van der Waals surface area contributed by atoms with Crippen LogP contribution in [0.2, 0.25) is 0 Å². The Morgan fingerprint density at radius 1 is 0.667 bits per heavy atom. The highest BCUT2D eigenvalue weighted by Gasteiger charge is 2.39. The van der Waals surface area contributed by atoms with Gasteiger partial charge in [0.2, 0.25) is 0 Å². The molecule has 42 heavy (non-hydrogen) atoms. The zero-order valence-electron chi connectivity index (χ0n) is 24.6. The second-order valence-electron chi connectivity index (χ2n) is 13.5. The van der Waals surface area contributed by atoms with Crippen molar-refractivity contribution >= 4 is 54.1 Å². The minimum atomic E-state index is -0.168. The Kier molecular flexibility index (Phi) is 4.41. The number of rotatable bonds is 1. The molecule has 0 amide bonds. The van der Waals surface area contributed by atoms with E-state index < -0.39 is 0 Å². The topological polar surface area (TPSA) is 30.7 Å². The Labute approximate surface area is 244 Å². The maximum atomic E-state index is 5.26. The lowest BCUT2D eigenvalue weighted by molar-refractivity contribution is 0.542. The van der Waals surface area contributed by atoms with Gasteiger partial charge in [-0.15, -0.1) is 0 Å². The smallest absolute Gasteiger partial charge is 0.134 e. The van der Waals surface area contributed by atoms with E-state index in [0.717, 1.165) is 11.5 Å². The van der Waals surface area contributed by atoms with Gasteiger partial charge >= 0.3 is 0 Å². The SMILES string of the molecule is CC(C)(C)c1ncc2c(n1)-c1c(cc3ccc4cc5c6ccccc6n(-c6ccccc6)c5c5ccc1c3c45)C2(C)C. The van der Waals surface area contributed by atoms with E-state index in [4.69, 9.17) is 9.97 Å². The van der Waals surface area contributed by atoms with Gasteiger partial charge in [-0.1, -0.05) is 95.3 Å². The lowest BCUT2D eigenvalue weighted by atomic mass is 9.81. The van der Waals surface area contributed by atoms with E-state index in [-0.39, 0.29) is 10.8 Å². The quantitative estimate of drug-likeness (QED) is 0.194. The van der Waals surface area contributed by atoms with Crippen molar-refractivity contribution in [2.24, 2.45) is 0 Å². The minimum Gasteiger partial charge on any atom is -0.309 e. The molecule has 9 rings (SSSR count). The lowest BCUT2D eigenvalue weighted by Crippen LogP contribution is -2.19. The van der Waals surface area contributed by atoms with Crippen LogP contribution in [-0.4, -0.2) is 14.5 Å². The van der Waals surface area contributed by atoms with Gasteiger partial charge in [-0.2, -0.15) is 0 Å². The van der Waals surface area contributed by atoms with Gasteiger partial charge < -0.3 is 4.57 Å². The van der Waals surface area contributed by atoms with Crippen LogP contribution >= 0.6 is 0 Å². The molecule has 0 bridgehead atoms. The summed E-state index contributed by atoms with van der Waals surface area (Å²) < 4.78 is 2.45. The molecule has 2 aromatic heterocycles. The summed E-state index contributed by atoms with van der Waals surface area (Å²) in [6.45, 7) is 11.2. The maximum absolute atomic E-state index is 5.26. The molecule has 0 saturated carbocycles. The molecule has 0 fully saturated rings. The summed E-state index contributed by atoms with van der Waals surface area (Å²) in [7, 11) is 0.